The van der Waals surface area contributed by atoms with Gasteiger partial charge in [-0.2, -0.15) is 0 Å². The number of rotatable bonds is 14. The topological polar surface area (TPSA) is 155 Å². The van der Waals surface area contributed by atoms with E-state index < -0.39 is 6.29 Å². The van der Waals surface area contributed by atoms with E-state index in [0.29, 0.717) is 30.8 Å². The molecule has 3 heterocycles. The number of nitrogens with one attached hydrogen (secondary N) is 2. The summed E-state index contributed by atoms with van der Waals surface area (Å²) >= 11 is 0. The molecular formula is C44H49N7O5. The molecule has 12 heteroatoms. The quantitative estimate of drug-likeness (QED) is 0.0991. The van der Waals surface area contributed by atoms with Crippen LogP contribution in [0.2, 0.25) is 0 Å². The number of hydrogen-bond acceptors (Lipinski definition) is 10. The Hall–Kier alpha value is -5.66. The first kappa shape index (κ1) is 38.6. The molecule has 0 aliphatic carbocycles. The highest BCUT2D eigenvalue weighted by atomic mass is 16.7. The smallest absolute Gasteiger partial charge is 0.225 e. The Morgan fingerprint density at radius 1 is 0.768 bits per heavy atom. The number of nitrogen functional groups attached to an aromatic ring is 1. The van der Waals surface area contributed by atoms with Crippen LogP contribution in [0.4, 0.5) is 17.3 Å². The van der Waals surface area contributed by atoms with E-state index in [2.05, 4.69) is 54.7 Å². The zero-order valence-corrected chi connectivity index (χ0v) is 31.4. The number of amides is 2. The zero-order chi connectivity index (χ0) is 38.7. The van der Waals surface area contributed by atoms with E-state index in [9.17, 15) is 14.7 Å². The molecule has 3 atom stereocenters. The lowest BCUT2D eigenvalue weighted by atomic mass is 9.98. The van der Waals surface area contributed by atoms with Gasteiger partial charge in [0.05, 0.1) is 30.2 Å². The summed E-state index contributed by atoms with van der Waals surface area (Å²) < 4.78 is 13.4. The van der Waals surface area contributed by atoms with E-state index in [-0.39, 0.29) is 43.5 Å². The second-order valence-electron chi connectivity index (χ2n) is 14.3. The maximum atomic E-state index is 12.7. The van der Waals surface area contributed by atoms with E-state index in [1.165, 1.54) is 0 Å². The number of aliphatic hydroxyl groups is 1. The van der Waals surface area contributed by atoms with Crippen LogP contribution in [-0.4, -0.2) is 70.6 Å². The first-order valence-electron chi connectivity index (χ1n) is 19.3. The van der Waals surface area contributed by atoms with Crippen LogP contribution in [0.5, 0.6) is 0 Å². The van der Waals surface area contributed by atoms with Crippen LogP contribution in [0.15, 0.2) is 116 Å². The number of aromatic nitrogens is 2. The van der Waals surface area contributed by atoms with Crippen molar-refractivity contribution >= 4 is 29.1 Å². The maximum Gasteiger partial charge on any atom is 0.225 e. The summed E-state index contributed by atoms with van der Waals surface area (Å²) in [4.78, 5) is 38.5. The highest BCUT2D eigenvalue weighted by molar-refractivity contribution is 5.94. The first-order valence-corrected chi connectivity index (χ1v) is 19.3. The lowest BCUT2D eigenvalue weighted by molar-refractivity contribution is -0.253. The van der Waals surface area contributed by atoms with Gasteiger partial charge in [0.15, 0.2) is 6.29 Å². The van der Waals surface area contributed by atoms with Gasteiger partial charge in [0.25, 0.3) is 0 Å². The summed E-state index contributed by atoms with van der Waals surface area (Å²) in [6, 6.07) is 33.3. The molecule has 5 aromatic rings. The molecule has 56 heavy (non-hydrogen) atoms. The summed E-state index contributed by atoms with van der Waals surface area (Å²) in [5.41, 5.74) is 12.8. The van der Waals surface area contributed by atoms with Crippen LogP contribution in [0, 0.1) is 0 Å². The molecular weight excluding hydrogens is 707 g/mol. The fraction of sp³-hybridized carbons (Fsp3) is 0.318. The molecule has 1 aromatic heterocycles. The number of anilines is 3. The van der Waals surface area contributed by atoms with Crippen LogP contribution in [0.25, 0.3) is 11.1 Å². The lowest BCUT2D eigenvalue weighted by Gasteiger charge is -2.40. The van der Waals surface area contributed by atoms with Crippen molar-refractivity contribution in [2.45, 2.75) is 57.3 Å². The largest absolute Gasteiger partial charge is 0.397 e. The molecule has 2 fully saturated rings. The molecule has 5 N–H and O–H groups in total. The molecule has 7 rings (SSSR count). The number of carbonyl (C=O) groups excluding carboxylic acids is 2. The standard InChI is InChI=1S/C44H49N7O5/c45-38-11-1-2-12-39(38)49-42(54)14-5-13-41(53)48-28-32-7-3-8-34(25-32)35-9-4-10-36(26-35)43-55-37(27-40(56-43)33-17-15-31(30-52)16-18-33)29-50-21-23-51(24-22-50)44-46-19-6-20-47-44/h1-4,6-12,15-20,25-26,37,40,43,52H,5,13-14,21-24,27-30,45H2,(H,48,53)(H,49,54)/t37-,40+,43+/m0/s1. The van der Waals surface area contributed by atoms with Crippen LogP contribution >= 0.6 is 0 Å². The molecule has 0 saturated carbocycles. The average Bonchev–Trinajstić information content (AvgIpc) is 3.24. The van der Waals surface area contributed by atoms with Crippen LogP contribution < -0.4 is 21.3 Å². The predicted molar refractivity (Wildman–Crippen MR) is 216 cm³/mol. The highest BCUT2D eigenvalue weighted by Gasteiger charge is 2.34. The molecule has 4 aromatic carbocycles. The van der Waals surface area contributed by atoms with Crippen molar-refractivity contribution in [3.8, 4) is 11.1 Å². The van der Waals surface area contributed by atoms with Gasteiger partial charge >= 0.3 is 0 Å². The maximum absolute atomic E-state index is 12.7. The molecule has 0 spiro atoms. The number of nitrogens with two attached hydrogens (primary N) is 1. The minimum absolute atomic E-state index is 0.00721. The third-order valence-corrected chi connectivity index (χ3v) is 10.2. The molecule has 0 radical (unpaired) electrons. The number of hydrogen-bond donors (Lipinski definition) is 4. The Labute approximate surface area is 327 Å². The summed E-state index contributed by atoms with van der Waals surface area (Å²) in [7, 11) is 0. The van der Waals surface area contributed by atoms with Crippen molar-refractivity contribution in [3.63, 3.8) is 0 Å². The van der Waals surface area contributed by atoms with Crippen LogP contribution in [0.3, 0.4) is 0 Å². The summed E-state index contributed by atoms with van der Waals surface area (Å²) in [5, 5.41) is 15.4. The predicted octanol–water partition coefficient (Wildman–Crippen LogP) is 6.01. The van der Waals surface area contributed by atoms with E-state index in [4.69, 9.17) is 15.2 Å². The van der Waals surface area contributed by atoms with Crippen molar-refractivity contribution in [3.05, 3.63) is 138 Å². The Morgan fingerprint density at radius 3 is 2.27 bits per heavy atom. The fourth-order valence-electron chi connectivity index (χ4n) is 7.15. The molecule has 2 aliphatic rings. The fourth-order valence-corrected chi connectivity index (χ4v) is 7.15. The second kappa shape index (κ2) is 18.8. The minimum atomic E-state index is -0.579. The molecule has 0 unspecified atom stereocenters. The number of para-hydroxylation sites is 2. The van der Waals surface area contributed by atoms with Crippen molar-refractivity contribution in [2.24, 2.45) is 0 Å². The highest BCUT2D eigenvalue weighted by Crippen LogP contribution is 2.39. The monoisotopic (exact) mass is 755 g/mol. The Bertz CT molecular complexity index is 2060. The van der Waals surface area contributed by atoms with Gasteiger partial charge < -0.3 is 35.8 Å². The normalized spacial score (nSPS) is 18.7. The molecule has 2 saturated heterocycles. The van der Waals surface area contributed by atoms with Gasteiger partial charge in [0, 0.05) is 76.5 Å². The molecule has 12 nitrogen and oxygen atoms in total. The van der Waals surface area contributed by atoms with Crippen molar-refractivity contribution in [1.82, 2.24) is 20.2 Å². The van der Waals surface area contributed by atoms with E-state index in [1.807, 2.05) is 66.7 Å². The van der Waals surface area contributed by atoms with Gasteiger partial charge in [-0.1, -0.05) is 72.8 Å². The summed E-state index contributed by atoms with van der Waals surface area (Å²) in [6.07, 6.45) is 4.34. The number of aliphatic hydroxyl groups excluding tert-OH is 1. The van der Waals surface area contributed by atoms with Crippen molar-refractivity contribution < 1.29 is 24.2 Å². The summed E-state index contributed by atoms with van der Waals surface area (Å²) in [5.74, 6) is 0.476. The SMILES string of the molecule is Nc1ccccc1NC(=O)CCCC(=O)NCc1cccc(-c2cccc([C@@H]3O[C@H](CN4CCN(c5ncccn5)CC4)C[C@H](c4ccc(CO)cc4)O3)c2)c1. The van der Waals surface area contributed by atoms with Crippen LogP contribution in [-0.2, 0) is 32.2 Å². The van der Waals surface area contributed by atoms with Gasteiger partial charge in [-0.05, 0) is 64.6 Å². The number of benzene rings is 4. The van der Waals surface area contributed by atoms with Gasteiger partial charge in [-0.15, -0.1) is 0 Å². The van der Waals surface area contributed by atoms with Gasteiger partial charge in [-0.3, -0.25) is 14.5 Å². The number of piperazine rings is 1. The first-order chi connectivity index (χ1) is 27.4. The number of carbonyl (C=O) groups is 2. The third-order valence-electron chi connectivity index (χ3n) is 10.2. The van der Waals surface area contributed by atoms with E-state index >= 15 is 0 Å². The molecule has 2 amide bonds. The van der Waals surface area contributed by atoms with Gasteiger partial charge in [0.1, 0.15) is 0 Å². The van der Waals surface area contributed by atoms with Gasteiger partial charge in [-0.25, -0.2) is 9.97 Å². The Morgan fingerprint density at radius 2 is 1.50 bits per heavy atom. The molecule has 0 bridgehead atoms. The number of nitrogens with zero attached hydrogens (tertiary/aromatic N) is 4. The molecule has 290 valence electrons. The van der Waals surface area contributed by atoms with Gasteiger partial charge in [0.2, 0.25) is 17.8 Å². The minimum Gasteiger partial charge on any atom is -0.397 e. The van der Waals surface area contributed by atoms with E-state index in [0.717, 1.165) is 72.1 Å². The van der Waals surface area contributed by atoms with Crippen molar-refractivity contribution in [1.29, 1.82) is 0 Å². The lowest BCUT2D eigenvalue weighted by Crippen LogP contribution is -2.50. The summed E-state index contributed by atoms with van der Waals surface area (Å²) in [6.45, 7) is 4.60. The Kier molecular flexibility index (Phi) is 13.0. The Balaban J connectivity index is 0.970. The third kappa shape index (κ3) is 10.3. The zero-order valence-electron chi connectivity index (χ0n) is 31.4. The second-order valence-corrected chi connectivity index (χ2v) is 14.3. The van der Waals surface area contributed by atoms with E-state index in [1.54, 1.807) is 24.5 Å². The van der Waals surface area contributed by atoms with Crippen molar-refractivity contribution in [2.75, 3.05) is 48.7 Å². The number of ether oxygens (including phenoxy) is 2. The average molecular weight is 756 g/mol. The molecule has 2 aliphatic heterocycles. The van der Waals surface area contributed by atoms with Crippen LogP contribution in [0.1, 0.15) is 60.3 Å².